The van der Waals surface area contributed by atoms with Gasteiger partial charge in [-0.05, 0) is 74.0 Å². The molecule has 4 heterocycles. The van der Waals surface area contributed by atoms with E-state index in [0.717, 1.165) is 63.5 Å². The van der Waals surface area contributed by atoms with E-state index >= 15 is 0 Å². The first-order valence-corrected chi connectivity index (χ1v) is 16.1. The van der Waals surface area contributed by atoms with E-state index < -0.39 is 11.8 Å². The third-order valence-electron chi connectivity index (χ3n) is 7.69. The summed E-state index contributed by atoms with van der Waals surface area (Å²) in [7, 11) is 0. The summed E-state index contributed by atoms with van der Waals surface area (Å²) in [5.41, 5.74) is 3.23. The van der Waals surface area contributed by atoms with Crippen LogP contribution in [0.2, 0.25) is 0 Å². The van der Waals surface area contributed by atoms with Crippen molar-refractivity contribution in [2.45, 2.75) is 87.4 Å². The number of carbonyl (C=O) groups excluding carboxylic acids is 1. The number of thiophene rings is 1. The molecule has 0 aliphatic heterocycles. The Morgan fingerprint density at radius 2 is 1.75 bits per heavy atom. The van der Waals surface area contributed by atoms with Crippen LogP contribution in [0.25, 0.3) is 43.4 Å². The van der Waals surface area contributed by atoms with Gasteiger partial charge in [0.1, 0.15) is 0 Å². The second kappa shape index (κ2) is 15.4. The summed E-state index contributed by atoms with van der Waals surface area (Å²) in [4.78, 5) is 21.6. The van der Waals surface area contributed by atoms with Crippen molar-refractivity contribution >= 4 is 49.3 Å². The number of benzene rings is 1. The number of pyridine rings is 2. The minimum absolute atomic E-state index is 0. The van der Waals surface area contributed by atoms with Gasteiger partial charge in [-0.25, -0.2) is 4.98 Å². The molecule has 0 atom stereocenters. The summed E-state index contributed by atoms with van der Waals surface area (Å²) in [5, 5.41) is 12.7. The molecule has 1 N–H and O–H groups in total. The molecule has 5 nitrogen and oxygen atoms in total. The van der Waals surface area contributed by atoms with Crippen LogP contribution in [-0.4, -0.2) is 20.9 Å². The largest absolute Gasteiger partial charge is 0.512 e. The van der Waals surface area contributed by atoms with Crippen molar-refractivity contribution in [2.24, 2.45) is 17.3 Å². The maximum Gasteiger partial charge on any atom is 0.216 e. The predicted octanol–water partition coefficient (Wildman–Crippen LogP) is 10.8. The standard InChI is InChI=1S/C24H21N2OS.C13H24O2.Ir/c1-14-8-9-18-17-6-5-7-19(21(17)27-23(18)26-14)20-22-15(10-11-25-20)12-16(28-22)13-24(2,3)4;1-5-10(6-2)12(14)9-13(15)11(7-3)8-4;/h5-6,8-12H,13H2,1-4H3;9-11,14H,5-8H2,1-4H3;/q-1;;/b;12-9-;/i13D2;;. The number of aryl methyl sites for hydroxylation is 1. The Kier molecular flexibility index (Phi) is 11.4. The van der Waals surface area contributed by atoms with Crippen molar-refractivity contribution in [3.05, 3.63) is 71.1 Å². The van der Waals surface area contributed by atoms with Crippen molar-refractivity contribution in [2.75, 3.05) is 0 Å². The van der Waals surface area contributed by atoms with Gasteiger partial charge in [0.05, 0.1) is 11.3 Å². The van der Waals surface area contributed by atoms with Gasteiger partial charge in [0.2, 0.25) is 5.71 Å². The number of aliphatic hydroxyl groups excluding tert-OH is 1. The topological polar surface area (TPSA) is 76.2 Å². The van der Waals surface area contributed by atoms with Gasteiger partial charge in [0, 0.05) is 73.3 Å². The fourth-order valence-electron chi connectivity index (χ4n) is 5.24. The van der Waals surface area contributed by atoms with Crippen LogP contribution >= 0.6 is 11.3 Å². The average molecular weight is 792 g/mol. The van der Waals surface area contributed by atoms with Gasteiger partial charge < -0.3 is 14.5 Å². The number of rotatable bonds is 9. The number of furan rings is 1. The number of fused-ring (bicyclic) bond motifs is 4. The summed E-state index contributed by atoms with van der Waals surface area (Å²) >= 11 is 1.46. The zero-order valence-electron chi connectivity index (χ0n) is 29.0. The Bertz CT molecular complexity index is 1830. The zero-order chi connectivity index (χ0) is 33.1. The number of carbonyl (C=O) groups is 1. The summed E-state index contributed by atoms with van der Waals surface area (Å²) in [5.74, 6) is 0.547. The zero-order valence-corrected chi connectivity index (χ0v) is 30.2. The molecule has 4 aromatic heterocycles. The van der Waals surface area contributed by atoms with E-state index in [1.807, 2.05) is 91.8 Å². The predicted molar refractivity (Wildman–Crippen MR) is 181 cm³/mol. The molecule has 0 amide bonds. The quantitative estimate of drug-likeness (QED) is 0.0914. The molecule has 0 unspecified atom stereocenters. The van der Waals surface area contributed by atoms with Crippen LogP contribution in [0.4, 0.5) is 0 Å². The molecule has 0 fully saturated rings. The number of aromatic nitrogens is 2. The molecular weight excluding hydrogens is 745 g/mol. The summed E-state index contributed by atoms with van der Waals surface area (Å²) in [6.45, 7) is 15.8. The van der Waals surface area contributed by atoms with Gasteiger partial charge in [-0.2, -0.15) is 0 Å². The second-order valence-corrected chi connectivity index (χ2v) is 13.1. The number of aliphatic hydroxyl groups is 1. The maximum absolute atomic E-state index is 11.7. The van der Waals surface area contributed by atoms with Gasteiger partial charge in [-0.15, -0.1) is 29.5 Å². The molecule has 0 saturated heterocycles. The third kappa shape index (κ3) is 8.24. The van der Waals surface area contributed by atoms with E-state index in [2.05, 4.69) is 16.0 Å². The minimum Gasteiger partial charge on any atom is -0.512 e. The Morgan fingerprint density at radius 1 is 1.07 bits per heavy atom. The van der Waals surface area contributed by atoms with Crippen LogP contribution in [-0.2, 0) is 31.3 Å². The summed E-state index contributed by atoms with van der Waals surface area (Å²) < 4.78 is 24.4. The van der Waals surface area contributed by atoms with E-state index in [4.69, 9.17) is 7.16 Å². The van der Waals surface area contributed by atoms with Crippen molar-refractivity contribution in [3.63, 3.8) is 0 Å². The normalized spacial score (nSPS) is 13.2. The molecule has 7 heteroatoms. The molecule has 0 aliphatic rings. The summed E-state index contributed by atoms with van der Waals surface area (Å²) in [6, 6.07) is 15.1. The van der Waals surface area contributed by atoms with Crippen molar-refractivity contribution in [1.29, 1.82) is 0 Å². The molecule has 0 bridgehead atoms. The maximum atomic E-state index is 11.7. The number of ketones is 1. The van der Waals surface area contributed by atoms with Gasteiger partial charge >= 0.3 is 0 Å². The fourth-order valence-corrected chi connectivity index (χ4v) is 6.50. The van der Waals surface area contributed by atoms with Crippen LogP contribution < -0.4 is 0 Å². The van der Waals surface area contributed by atoms with Crippen LogP contribution in [0, 0.1) is 30.2 Å². The third-order valence-corrected chi connectivity index (χ3v) is 8.76. The molecule has 1 aromatic carbocycles. The van der Waals surface area contributed by atoms with Gasteiger partial charge in [0.25, 0.3) is 0 Å². The van der Waals surface area contributed by atoms with Crippen LogP contribution in [0.3, 0.4) is 0 Å². The minimum atomic E-state index is -1.45. The number of hydrogen-bond acceptors (Lipinski definition) is 6. The van der Waals surface area contributed by atoms with E-state index in [1.54, 1.807) is 6.20 Å². The van der Waals surface area contributed by atoms with Crippen LogP contribution in [0.1, 0.15) is 87.5 Å². The van der Waals surface area contributed by atoms with E-state index in [9.17, 15) is 9.90 Å². The van der Waals surface area contributed by atoms with Crippen molar-refractivity contribution in [3.8, 4) is 11.3 Å². The van der Waals surface area contributed by atoms with Crippen molar-refractivity contribution in [1.82, 2.24) is 9.97 Å². The molecule has 44 heavy (non-hydrogen) atoms. The molecule has 1 radical (unpaired) electrons. The molecule has 5 aromatic rings. The van der Waals surface area contributed by atoms with E-state index in [1.165, 1.54) is 17.4 Å². The summed E-state index contributed by atoms with van der Waals surface area (Å²) in [6.07, 6.45) is 5.21. The second-order valence-electron chi connectivity index (χ2n) is 12.1. The molecule has 0 saturated carbocycles. The molecule has 237 valence electrons. The van der Waals surface area contributed by atoms with Crippen LogP contribution in [0.5, 0.6) is 0 Å². The smallest absolute Gasteiger partial charge is 0.216 e. The molecule has 5 rings (SSSR count). The first-order valence-electron chi connectivity index (χ1n) is 16.3. The number of hydrogen-bond donors (Lipinski definition) is 1. The Balaban J connectivity index is 0.000000309. The van der Waals surface area contributed by atoms with Crippen LogP contribution in [0.15, 0.2) is 58.8 Å². The monoisotopic (exact) mass is 792 g/mol. The van der Waals surface area contributed by atoms with E-state index in [0.29, 0.717) is 16.2 Å². The Hall–Kier alpha value is -2.86. The van der Waals surface area contributed by atoms with Gasteiger partial charge in [0.15, 0.2) is 5.78 Å². The van der Waals surface area contributed by atoms with Gasteiger partial charge in [-0.1, -0.05) is 59.4 Å². The average Bonchev–Trinajstić information content (AvgIpc) is 3.60. The molecular formula is C37H45IrN2O3S-. The van der Waals surface area contributed by atoms with Crippen molar-refractivity contribution < 1.29 is 37.2 Å². The van der Waals surface area contributed by atoms with E-state index in [-0.39, 0.29) is 43.5 Å². The Morgan fingerprint density at radius 3 is 2.39 bits per heavy atom. The van der Waals surface area contributed by atoms with Gasteiger partial charge in [-0.3, -0.25) is 4.79 Å². The fraction of sp³-hybridized carbons (Fsp3) is 0.432. The number of allylic oxidation sites excluding steroid dienone is 2. The first-order chi connectivity index (χ1) is 21.3. The Labute approximate surface area is 282 Å². The first kappa shape index (κ1) is 32.5. The molecule has 0 spiro atoms. The number of nitrogens with zero attached hydrogens (tertiary/aromatic N) is 2. The molecule has 0 aliphatic carbocycles. The SMILES string of the molecule is CCC(CC)C(=O)/C=C(\O)C(CC)CC.[2H]C([2H])(c1cc2ccnc(-c3[c-]ccc4c3oc3nc(C)ccc34)c2s1)C(C)(C)C.[Ir].